The first kappa shape index (κ1) is 39.1. The molecule has 1 unspecified atom stereocenters. The van der Waals surface area contributed by atoms with Gasteiger partial charge in [-0.25, -0.2) is 9.18 Å². The predicted octanol–water partition coefficient (Wildman–Crippen LogP) is 7.88. The van der Waals surface area contributed by atoms with Gasteiger partial charge in [-0.1, -0.05) is 29.8 Å². The van der Waals surface area contributed by atoms with Gasteiger partial charge in [0.1, 0.15) is 17.2 Å². The standard InChI is InChI=1S/C42H51ClFN5O6/c1-6-53-40(50)39-31(10-8-23-54-35-11-7-9-28-25-29(44)12-13-30(28)35)32-14-15-33(43)37(36-27(2)45-49-22-24-52-26-34(36)49)38(32)48(39)21-18-46-16-19-47(20-17-46)41(51)55-42(3,4)5/h7,9,11-15,25,40,50H,6,8,10,16-24,26H2,1-5H3. The van der Waals surface area contributed by atoms with Crippen molar-refractivity contribution >= 4 is 39.4 Å². The van der Waals surface area contributed by atoms with Crippen LogP contribution in [0.3, 0.4) is 0 Å². The van der Waals surface area contributed by atoms with Gasteiger partial charge >= 0.3 is 6.09 Å². The van der Waals surface area contributed by atoms with E-state index in [2.05, 4.69) is 9.47 Å². The van der Waals surface area contributed by atoms with E-state index < -0.39 is 11.9 Å². The predicted molar refractivity (Wildman–Crippen MR) is 211 cm³/mol. The van der Waals surface area contributed by atoms with Gasteiger partial charge in [-0.05, 0) is 88.7 Å². The van der Waals surface area contributed by atoms with E-state index in [0.29, 0.717) is 102 Å². The minimum absolute atomic E-state index is 0.289. The van der Waals surface area contributed by atoms with Crippen molar-refractivity contribution in [2.45, 2.75) is 79.0 Å². The van der Waals surface area contributed by atoms with Crippen molar-refractivity contribution < 1.29 is 33.2 Å². The van der Waals surface area contributed by atoms with Crippen molar-refractivity contribution in [2.24, 2.45) is 0 Å². The number of piperazine rings is 1. The van der Waals surface area contributed by atoms with Gasteiger partial charge in [0, 0.05) is 67.8 Å². The van der Waals surface area contributed by atoms with E-state index in [1.165, 1.54) is 12.1 Å². The third-order valence-corrected chi connectivity index (χ3v) is 10.7. The molecule has 2 aliphatic heterocycles. The Labute approximate surface area is 326 Å². The molecule has 294 valence electrons. The Balaban J connectivity index is 1.24. The van der Waals surface area contributed by atoms with Crippen molar-refractivity contribution in [3.8, 4) is 16.9 Å². The summed E-state index contributed by atoms with van der Waals surface area (Å²) in [5.41, 5.74) is 5.63. The lowest BCUT2D eigenvalue weighted by atomic mass is 9.98. The largest absolute Gasteiger partial charge is 0.493 e. The molecule has 7 rings (SSSR count). The molecule has 55 heavy (non-hydrogen) atoms. The molecule has 5 aromatic rings. The monoisotopic (exact) mass is 775 g/mol. The first-order valence-corrected chi connectivity index (χ1v) is 19.6. The Hall–Kier alpha value is -4.20. The number of hydrogen-bond donors (Lipinski definition) is 1. The zero-order valence-corrected chi connectivity index (χ0v) is 33.1. The molecule has 0 spiro atoms. The highest BCUT2D eigenvalue weighted by Crippen LogP contribution is 2.44. The first-order chi connectivity index (χ1) is 26.4. The average Bonchev–Trinajstić information content (AvgIpc) is 3.65. The van der Waals surface area contributed by atoms with Gasteiger partial charge in [0.05, 0.1) is 54.0 Å². The molecule has 13 heteroatoms. The number of fused-ring (bicyclic) bond motifs is 3. The molecular formula is C42H51ClFN5O6. The molecule has 11 nitrogen and oxygen atoms in total. The molecule has 1 fully saturated rings. The van der Waals surface area contributed by atoms with Crippen LogP contribution in [0.1, 0.15) is 63.1 Å². The quantitative estimate of drug-likeness (QED) is 0.101. The van der Waals surface area contributed by atoms with Crippen LogP contribution in [0.2, 0.25) is 5.02 Å². The maximum atomic E-state index is 13.9. The molecular weight excluding hydrogens is 725 g/mol. The third-order valence-electron chi connectivity index (χ3n) is 10.3. The molecule has 0 radical (unpaired) electrons. The molecule has 2 aliphatic rings. The van der Waals surface area contributed by atoms with E-state index in [9.17, 15) is 14.3 Å². The van der Waals surface area contributed by atoms with Gasteiger partial charge in [-0.2, -0.15) is 5.10 Å². The number of hydrogen-bond acceptors (Lipinski definition) is 8. The number of aliphatic hydroxyl groups is 1. The van der Waals surface area contributed by atoms with Gasteiger partial charge in [0.15, 0.2) is 6.29 Å². The van der Waals surface area contributed by atoms with Crippen LogP contribution in [-0.2, 0) is 40.3 Å². The molecule has 0 bridgehead atoms. The van der Waals surface area contributed by atoms with Gasteiger partial charge in [0.2, 0.25) is 0 Å². The van der Waals surface area contributed by atoms with Crippen LogP contribution in [0.25, 0.3) is 32.8 Å². The Morgan fingerprint density at radius 2 is 1.82 bits per heavy atom. The van der Waals surface area contributed by atoms with E-state index in [0.717, 1.165) is 49.8 Å². The van der Waals surface area contributed by atoms with Gasteiger partial charge in [0.25, 0.3) is 0 Å². The van der Waals surface area contributed by atoms with E-state index in [4.69, 9.17) is 35.6 Å². The maximum absolute atomic E-state index is 13.9. The number of aliphatic hydroxyl groups excluding tert-OH is 1. The number of carbonyl (C=O) groups is 1. The van der Waals surface area contributed by atoms with E-state index in [1.807, 2.05) is 69.6 Å². The zero-order chi connectivity index (χ0) is 38.9. The molecule has 1 atom stereocenters. The van der Waals surface area contributed by atoms with Gasteiger partial charge < -0.3 is 33.5 Å². The maximum Gasteiger partial charge on any atom is 0.410 e. The van der Waals surface area contributed by atoms with E-state index >= 15 is 0 Å². The summed E-state index contributed by atoms with van der Waals surface area (Å²) in [6.45, 7) is 15.6. The van der Waals surface area contributed by atoms with Crippen molar-refractivity contribution in [3.05, 3.63) is 82.0 Å². The van der Waals surface area contributed by atoms with Crippen molar-refractivity contribution in [3.63, 3.8) is 0 Å². The molecule has 1 N–H and O–H groups in total. The number of nitrogens with zero attached hydrogens (tertiary/aromatic N) is 5. The Kier molecular flexibility index (Phi) is 11.7. The number of carbonyl (C=O) groups excluding carboxylic acids is 1. The summed E-state index contributed by atoms with van der Waals surface area (Å²) in [5, 5.41) is 19.8. The Morgan fingerprint density at radius 3 is 2.58 bits per heavy atom. The SMILES string of the molecule is CCOC(O)c1c(CCCOc2cccc3cc(F)ccc23)c2ccc(Cl)c(-c3c(C)nn4c3COCC4)c2n1CCN1CCN(C(=O)OC(C)(C)C)CC1. The fourth-order valence-corrected chi connectivity index (χ4v) is 8.12. The molecule has 3 aromatic carbocycles. The number of halogens is 2. The van der Waals surface area contributed by atoms with Crippen molar-refractivity contribution in [1.29, 1.82) is 0 Å². The summed E-state index contributed by atoms with van der Waals surface area (Å²) < 4.78 is 41.9. The average molecular weight is 776 g/mol. The smallest absolute Gasteiger partial charge is 0.410 e. The molecule has 2 aromatic heterocycles. The van der Waals surface area contributed by atoms with Crippen molar-refractivity contribution in [2.75, 3.05) is 52.5 Å². The first-order valence-electron chi connectivity index (χ1n) is 19.2. The number of aromatic nitrogens is 3. The lowest BCUT2D eigenvalue weighted by Gasteiger charge is -2.35. The van der Waals surface area contributed by atoms with E-state index in [1.54, 1.807) is 11.0 Å². The minimum Gasteiger partial charge on any atom is -0.493 e. The molecule has 0 aliphatic carbocycles. The van der Waals surface area contributed by atoms with Gasteiger partial charge in [-0.3, -0.25) is 9.58 Å². The van der Waals surface area contributed by atoms with Gasteiger partial charge in [-0.15, -0.1) is 0 Å². The molecule has 1 saturated heterocycles. The lowest BCUT2D eigenvalue weighted by molar-refractivity contribution is -0.103. The second-order valence-electron chi connectivity index (χ2n) is 15.2. The summed E-state index contributed by atoms with van der Waals surface area (Å²) in [6.07, 6.45) is -0.255. The van der Waals surface area contributed by atoms with Crippen LogP contribution < -0.4 is 4.74 Å². The van der Waals surface area contributed by atoms with Crippen LogP contribution in [-0.4, -0.2) is 93.5 Å². The highest BCUT2D eigenvalue weighted by molar-refractivity contribution is 6.35. The van der Waals surface area contributed by atoms with Crippen LogP contribution in [0, 0.1) is 12.7 Å². The number of amides is 1. The minimum atomic E-state index is -1.19. The molecule has 4 heterocycles. The Morgan fingerprint density at radius 1 is 1.04 bits per heavy atom. The second-order valence-corrected chi connectivity index (χ2v) is 15.6. The third kappa shape index (κ3) is 8.34. The van der Waals surface area contributed by atoms with Crippen LogP contribution in [0.15, 0.2) is 48.5 Å². The summed E-state index contributed by atoms with van der Waals surface area (Å²) >= 11 is 7.19. The summed E-state index contributed by atoms with van der Waals surface area (Å²) in [5.74, 6) is 0.405. The second kappa shape index (κ2) is 16.5. The summed E-state index contributed by atoms with van der Waals surface area (Å²) in [6, 6.07) is 14.3. The number of aryl methyl sites for hydroxylation is 2. The van der Waals surface area contributed by atoms with E-state index in [-0.39, 0.29) is 11.9 Å². The zero-order valence-electron chi connectivity index (χ0n) is 32.4. The topological polar surface area (TPSA) is 103 Å². The van der Waals surface area contributed by atoms with Crippen LogP contribution in [0.4, 0.5) is 9.18 Å². The highest BCUT2D eigenvalue weighted by Gasteiger charge is 2.31. The number of ether oxygens (including phenoxy) is 4. The summed E-state index contributed by atoms with van der Waals surface area (Å²) in [7, 11) is 0. The number of benzene rings is 3. The molecule has 1 amide bonds. The number of rotatable bonds is 12. The fourth-order valence-electron chi connectivity index (χ4n) is 7.87. The Bertz CT molecular complexity index is 2170. The van der Waals surface area contributed by atoms with Crippen LogP contribution in [0.5, 0.6) is 5.75 Å². The van der Waals surface area contributed by atoms with Crippen molar-refractivity contribution in [1.82, 2.24) is 24.1 Å². The fraction of sp³-hybridized carbons (Fsp3) is 0.476. The molecule has 0 saturated carbocycles. The lowest BCUT2D eigenvalue weighted by Crippen LogP contribution is -2.50. The van der Waals surface area contributed by atoms with Crippen LogP contribution >= 0.6 is 11.6 Å². The highest BCUT2D eigenvalue weighted by atomic mass is 35.5. The normalized spacial score (nSPS) is 15.8. The summed E-state index contributed by atoms with van der Waals surface area (Å²) in [4.78, 5) is 16.9.